The van der Waals surface area contributed by atoms with E-state index in [1.54, 1.807) is 18.2 Å². The van der Waals surface area contributed by atoms with Crippen molar-refractivity contribution in [2.45, 2.75) is 25.8 Å². The fourth-order valence-corrected chi connectivity index (χ4v) is 4.20. The number of fused-ring (bicyclic) bond motifs is 1. The predicted octanol–water partition coefficient (Wildman–Crippen LogP) is 2.96. The van der Waals surface area contributed by atoms with E-state index in [0.29, 0.717) is 18.7 Å². The summed E-state index contributed by atoms with van der Waals surface area (Å²) >= 11 is 0. The van der Waals surface area contributed by atoms with Crippen molar-refractivity contribution < 1.29 is 4.39 Å². The summed E-state index contributed by atoms with van der Waals surface area (Å²) in [5, 5.41) is 29.6. The van der Waals surface area contributed by atoms with Crippen LogP contribution >= 0.6 is 0 Å². The van der Waals surface area contributed by atoms with Gasteiger partial charge in [-0.15, -0.1) is 0 Å². The minimum Gasteiger partial charge on any atom is -0.399 e. The van der Waals surface area contributed by atoms with Gasteiger partial charge in [-0.2, -0.15) is 15.8 Å². The molecule has 6 heteroatoms. The minimum atomic E-state index is -1.80. The average Bonchev–Trinajstić information content (AvgIpc) is 2.67. The molecule has 3 rings (SSSR count). The molecule has 2 aliphatic rings. The summed E-state index contributed by atoms with van der Waals surface area (Å²) in [5.74, 6) is -1.65. The number of nitrogens with two attached hydrogens (primary N) is 1. The third kappa shape index (κ3) is 2.69. The predicted molar refractivity (Wildman–Crippen MR) is 97.9 cm³/mol. The molecule has 0 radical (unpaired) electrons. The number of halogens is 1. The maximum Gasteiger partial charge on any atom is 0.191 e. The fourth-order valence-electron chi connectivity index (χ4n) is 4.20. The van der Waals surface area contributed by atoms with Crippen LogP contribution in [-0.2, 0) is 0 Å². The van der Waals surface area contributed by atoms with Gasteiger partial charge in [0, 0.05) is 31.0 Å². The Kier molecular flexibility index (Phi) is 4.75. The van der Waals surface area contributed by atoms with Crippen LogP contribution in [0.1, 0.15) is 25.3 Å². The molecule has 1 aliphatic heterocycles. The van der Waals surface area contributed by atoms with Gasteiger partial charge in [0.1, 0.15) is 11.9 Å². The molecule has 1 heterocycles. The highest BCUT2D eigenvalue weighted by Gasteiger charge is 2.55. The quantitative estimate of drug-likeness (QED) is 0.873. The fraction of sp³-hybridized carbons (Fsp3) is 0.381. The number of allylic oxidation sites excluding steroid dienone is 2. The average molecular weight is 361 g/mol. The van der Waals surface area contributed by atoms with Crippen LogP contribution in [0, 0.1) is 51.1 Å². The van der Waals surface area contributed by atoms with Crippen LogP contribution in [0.4, 0.5) is 4.39 Å². The van der Waals surface area contributed by atoms with E-state index in [9.17, 15) is 20.2 Å². The normalized spacial score (nSPS) is 24.4. The molecule has 2 N–H and O–H groups in total. The Morgan fingerprint density at radius 3 is 2.44 bits per heavy atom. The summed E-state index contributed by atoms with van der Waals surface area (Å²) in [6, 6.07) is 12.5. The molecule has 1 aromatic carbocycles. The van der Waals surface area contributed by atoms with Crippen LogP contribution in [-0.4, -0.2) is 24.0 Å². The Morgan fingerprint density at radius 2 is 1.89 bits per heavy atom. The van der Waals surface area contributed by atoms with E-state index in [1.807, 2.05) is 18.2 Å². The Labute approximate surface area is 158 Å². The van der Waals surface area contributed by atoms with Crippen molar-refractivity contribution in [3.05, 3.63) is 58.6 Å². The Balaban J connectivity index is 2.33. The van der Waals surface area contributed by atoms with E-state index in [0.717, 1.165) is 0 Å². The van der Waals surface area contributed by atoms with Gasteiger partial charge in [-0.05, 0) is 31.1 Å². The lowest BCUT2D eigenvalue weighted by Gasteiger charge is -2.46. The number of benzene rings is 1. The first-order chi connectivity index (χ1) is 12.9. The van der Waals surface area contributed by atoms with Gasteiger partial charge in [-0.25, -0.2) is 4.39 Å². The molecule has 27 heavy (non-hydrogen) atoms. The van der Waals surface area contributed by atoms with Crippen LogP contribution in [0.3, 0.4) is 0 Å². The summed E-state index contributed by atoms with van der Waals surface area (Å²) < 4.78 is 14.7. The maximum atomic E-state index is 14.7. The molecular formula is C21H20FN5. The summed E-state index contributed by atoms with van der Waals surface area (Å²) in [7, 11) is 0. The zero-order valence-electron chi connectivity index (χ0n) is 15.3. The second kappa shape index (κ2) is 6.88. The van der Waals surface area contributed by atoms with E-state index in [-0.39, 0.29) is 28.8 Å². The van der Waals surface area contributed by atoms with Crippen molar-refractivity contribution in [2.75, 3.05) is 13.1 Å². The molecule has 0 amide bonds. The van der Waals surface area contributed by atoms with Gasteiger partial charge in [-0.1, -0.05) is 24.3 Å². The maximum absolute atomic E-state index is 14.7. The van der Waals surface area contributed by atoms with E-state index >= 15 is 0 Å². The van der Waals surface area contributed by atoms with E-state index in [1.165, 1.54) is 6.07 Å². The molecule has 0 saturated carbocycles. The molecular weight excluding hydrogens is 341 g/mol. The van der Waals surface area contributed by atoms with E-state index < -0.39 is 17.2 Å². The van der Waals surface area contributed by atoms with Crippen molar-refractivity contribution in [3.63, 3.8) is 0 Å². The Bertz CT molecular complexity index is 940. The smallest absolute Gasteiger partial charge is 0.191 e. The second-order valence-electron chi connectivity index (χ2n) is 7.24. The molecule has 2 atom stereocenters. The highest BCUT2D eigenvalue weighted by atomic mass is 19.1. The second-order valence-corrected chi connectivity index (χ2v) is 7.24. The third-order valence-electron chi connectivity index (χ3n) is 5.66. The molecule has 5 nitrogen and oxygen atoms in total. The molecule has 0 spiro atoms. The monoisotopic (exact) mass is 361 g/mol. The first-order valence-corrected chi connectivity index (χ1v) is 8.83. The summed E-state index contributed by atoms with van der Waals surface area (Å²) in [6.07, 6.45) is 1.92. The zero-order chi connectivity index (χ0) is 19.8. The molecule has 0 fully saturated rings. The largest absolute Gasteiger partial charge is 0.399 e. The van der Waals surface area contributed by atoms with Crippen LogP contribution in [0.15, 0.2) is 47.2 Å². The lowest BCUT2D eigenvalue weighted by Crippen LogP contribution is -2.49. The Morgan fingerprint density at radius 1 is 1.22 bits per heavy atom. The standard InChI is InChI=1S/C21H20FN5/c1-13(2)27-8-7-14-16(9-23)20(26)21(11-24,12-25)19(17(14)10-27)15-5-3-4-6-18(15)22/h3-7,13,17,19H,8,10,26H2,1-2H3/t17-,19+/m0/s1. The van der Waals surface area contributed by atoms with Crippen molar-refractivity contribution >= 4 is 0 Å². The van der Waals surface area contributed by atoms with Crippen molar-refractivity contribution in [3.8, 4) is 18.2 Å². The zero-order valence-corrected chi connectivity index (χ0v) is 15.3. The number of hydrogen-bond donors (Lipinski definition) is 1. The Hall–Kier alpha value is -3.14. The van der Waals surface area contributed by atoms with Gasteiger partial charge in [0.05, 0.1) is 23.4 Å². The lowest BCUT2D eigenvalue weighted by molar-refractivity contribution is 0.172. The van der Waals surface area contributed by atoms with Gasteiger partial charge >= 0.3 is 0 Å². The SMILES string of the molecule is CC(C)N1CC=C2C(C#N)=C(N)C(C#N)(C#N)[C@H](c3ccccc3F)[C@H]2C1. The highest BCUT2D eigenvalue weighted by molar-refractivity contribution is 5.59. The summed E-state index contributed by atoms with van der Waals surface area (Å²) in [6.45, 7) is 5.26. The number of rotatable bonds is 2. The van der Waals surface area contributed by atoms with E-state index in [4.69, 9.17) is 5.73 Å². The minimum absolute atomic E-state index is 0.0799. The number of nitriles is 3. The molecule has 136 valence electrons. The van der Waals surface area contributed by atoms with Crippen molar-refractivity contribution in [1.29, 1.82) is 15.8 Å². The van der Waals surface area contributed by atoms with Crippen LogP contribution < -0.4 is 5.73 Å². The van der Waals surface area contributed by atoms with Gasteiger partial charge in [0.2, 0.25) is 0 Å². The molecule has 0 unspecified atom stereocenters. The molecule has 0 aromatic heterocycles. The van der Waals surface area contributed by atoms with Crippen molar-refractivity contribution in [2.24, 2.45) is 17.1 Å². The van der Waals surface area contributed by atoms with Crippen LogP contribution in [0.2, 0.25) is 0 Å². The van der Waals surface area contributed by atoms with Gasteiger partial charge < -0.3 is 5.73 Å². The number of hydrogen-bond acceptors (Lipinski definition) is 5. The molecule has 0 bridgehead atoms. The van der Waals surface area contributed by atoms with Gasteiger partial charge in [0.25, 0.3) is 0 Å². The third-order valence-corrected chi connectivity index (χ3v) is 5.66. The first kappa shape index (κ1) is 18.6. The van der Waals surface area contributed by atoms with Crippen LogP contribution in [0.5, 0.6) is 0 Å². The van der Waals surface area contributed by atoms with Crippen LogP contribution in [0.25, 0.3) is 0 Å². The van der Waals surface area contributed by atoms with Gasteiger partial charge in [0.15, 0.2) is 5.41 Å². The first-order valence-electron chi connectivity index (χ1n) is 8.83. The molecule has 1 aromatic rings. The van der Waals surface area contributed by atoms with E-state index in [2.05, 4.69) is 24.8 Å². The summed E-state index contributed by atoms with van der Waals surface area (Å²) in [5.41, 5.74) is 5.50. The molecule has 1 aliphatic carbocycles. The highest BCUT2D eigenvalue weighted by Crippen LogP contribution is 2.54. The van der Waals surface area contributed by atoms with Gasteiger partial charge in [-0.3, -0.25) is 4.90 Å². The van der Waals surface area contributed by atoms with Crippen molar-refractivity contribution in [1.82, 2.24) is 4.90 Å². The topological polar surface area (TPSA) is 101 Å². The summed E-state index contributed by atoms with van der Waals surface area (Å²) in [4.78, 5) is 2.18. The lowest BCUT2D eigenvalue weighted by atomic mass is 9.58. The molecule has 0 saturated heterocycles. The number of nitrogens with zero attached hydrogens (tertiary/aromatic N) is 4.